The molecule has 0 saturated carbocycles. The van der Waals surface area contributed by atoms with Crippen molar-refractivity contribution >= 4 is 83.2 Å². The molecule has 6 nitrogen and oxygen atoms in total. The molecule has 0 radical (unpaired) electrons. The van der Waals surface area contributed by atoms with Crippen LogP contribution in [-0.4, -0.2) is 48.8 Å². The quantitative estimate of drug-likeness (QED) is 0.610. The second-order valence-corrected chi connectivity index (χ2v) is 11.8. The van der Waals surface area contributed by atoms with Crippen molar-refractivity contribution in [1.82, 2.24) is 0 Å². The van der Waals surface area contributed by atoms with E-state index in [1.807, 2.05) is 17.0 Å². The Kier molecular flexibility index (Phi) is 6.37. The highest BCUT2D eigenvalue weighted by Gasteiger charge is 2.47. The first kappa shape index (κ1) is 22.0. The van der Waals surface area contributed by atoms with E-state index in [-0.39, 0.29) is 35.2 Å². The van der Waals surface area contributed by atoms with Crippen LogP contribution < -0.4 is 10.2 Å². The molecule has 2 aliphatic rings. The second-order valence-electron chi connectivity index (χ2n) is 6.96. The van der Waals surface area contributed by atoms with Crippen molar-refractivity contribution < 1.29 is 13.2 Å². The van der Waals surface area contributed by atoms with Gasteiger partial charge in [0.05, 0.1) is 29.3 Å². The van der Waals surface area contributed by atoms with Crippen molar-refractivity contribution in [3.63, 3.8) is 0 Å². The third kappa shape index (κ3) is 4.96. The number of carbonyl (C=O) groups excluding carboxylic acids is 1. The number of nitrogens with one attached hydrogen (secondary N) is 1. The molecule has 1 saturated heterocycles. The SMILES string of the molecule is O=C(CSC1=N[C@@H]2CS(=O)(=O)C[C@H]2N1c1cc(Cl)cc(Cl)c1)Nc1ccc(Br)cc1. The Morgan fingerprint density at radius 1 is 1.17 bits per heavy atom. The average Bonchev–Trinajstić information content (AvgIpc) is 3.12. The molecule has 1 N–H and O–H groups in total. The van der Waals surface area contributed by atoms with Gasteiger partial charge in [0.1, 0.15) is 0 Å². The Hall–Kier alpha value is -1.26. The monoisotopic (exact) mass is 547 g/mol. The third-order valence-electron chi connectivity index (χ3n) is 4.69. The molecule has 1 fully saturated rings. The van der Waals surface area contributed by atoms with Crippen LogP contribution >= 0.6 is 50.9 Å². The molecule has 0 bridgehead atoms. The summed E-state index contributed by atoms with van der Waals surface area (Å²) in [4.78, 5) is 18.8. The highest BCUT2D eigenvalue weighted by Crippen LogP contribution is 2.37. The zero-order valence-electron chi connectivity index (χ0n) is 15.4. The Labute approximate surface area is 197 Å². The summed E-state index contributed by atoms with van der Waals surface area (Å²) >= 11 is 16.9. The minimum Gasteiger partial charge on any atom is -0.325 e. The van der Waals surface area contributed by atoms with Crippen molar-refractivity contribution in [3.8, 4) is 0 Å². The number of amidine groups is 1. The Morgan fingerprint density at radius 2 is 1.83 bits per heavy atom. The molecule has 2 aromatic carbocycles. The standard InChI is InChI=1S/C19H16BrCl2N3O3S2/c20-11-1-3-14(4-2-11)23-18(26)8-29-19-24-16-9-30(27,28)10-17(16)25(19)15-6-12(21)5-13(22)7-15/h1-7,16-17H,8-10H2,(H,23,26)/t16-,17-/m1/s1. The number of aliphatic imine (C=N–C) groups is 1. The van der Waals surface area contributed by atoms with Gasteiger partial charge in [-0.25, -0.2) is 8.42 Å². The smallest absolute Gasteiger partial charge is 0.234 e. The van der Waals surface area contributed by atoms with Crippen LogP contribution in [0.2, 0.25) is 10.0 Å². The van der Waals surface area contributed by atoms with Gasteiger partial charge in [-0.1, -0.05) is 50.9 Å². The third-order valence-corrected chi connectivity index (χ3v) is 8.32. The molecule has 2 atom stereocenters. The molecule has 2 heterocycles. The lowest BCUT2D eigenvalue weighted by Crippen LogP contribution is -2.39. The molecule has 158 valence electrons. The Balaban J connectivity index is 1.52. The molecular weight excluding hydrogens is 533 g/mol. The molecule has 30 heavy (non-hydrogen) atoms. The van der Waals surface area contributed by atoms with Gasteiger partial charge >= 0.3 is 0 Å². The first-order valence-corrected chi connectivity index (χ1v) is 13.3. The normalized spacial score (nSPS) is 22.0. The number of hydrogen-bond acceptors (Lipinski definition) is 6. The van der Waals surface area contributed by atoms with Gasteiger partial charge in [0.25, 0.3) is 0 Å². The Morgan fingerprint density at radius 3 is 2.50 bits per heavy atom. The van der Waals surface area contributed by atoms with Gasteiger partial charge < -0.3 is 10.2 Å². The van der Waals surface area contributed by atoms with Crippen LogP contribution in [0.1, 0.15) is 0 Å². The van der Waals surface area contributed by atoms with Gasteiger partial charge in [0.15, 0.2) is 15.0 Å². The zero-order valence-corrected chi connectivity index (χ0v) is 20.1. The highest BCUT2D eigenvalue weighted by molar-refractivity contribution is 9.10. The van der Waals surface area contributed by atoms with Crippen LogP contribution in [-0.2, 0) is 14.6 Å². The number of hydrogen-bond donors (Lipinski definition) is 1. The summed E-state index contributed by atoms with van der Waals surface area (Å²) in [5, 5.41) is 4.31. The van der Waals surface area contributed by atoms with Gasteiger partial charge in [0, 0.05) is 25.9 Å². The lowest BCUT2D eigenvalue weighted by atomic mass is 10.1. The number of sulfone groups is 1. The maximum Gasteiger partial charge on any atom is 0.234 e. The number of amides is 1. The van der Waals surface area contributed by atoms with Crippen LogP contribution in [0.25, 0.3) is 0 Å². The number of fused-ring (bicyclic) bond motifs is 1. The van der Waals surface area contributed by atoms with Crippen molar-refractivity contribution in [3.05, 3.63) is 57.0 Å². The van der Waals surface area contributed by atoms with E-state index >= 15 is 0 Å². The van der Waals surface area contributed by atoms with E-state index in [2.05, 4.69) is 26.2 Å². The molecule has 0 aromatic heterocycles. The molecule has 2 aromatic rings. The number of thioether (sulfide) groups is 1. The summed E-state index contributed by atoms with van der Waals surface area (Å²) in [5.74, 6) is -0.0528. The average molecular weight is 549 g/mol. The van der Waals surface area contributed by atoms with E-state index in [0.717, 1.165) is 4.47 Å². The maximum absolute atomic E-state index is 12.4. The van der Waals surface area contributed by atoms with Crippen molar-refractivity contribution in [2.75, 3.05) is 27.5 Å². The number of halogens is 3. The van der Waals surface area contributed by atoms with E-state index in [9.17, 15) is 13.2 Å². The fraction of sp³-hybridized carbons (Fsp3) is 0.263. The summed E-state index contributed by atoms with van der Waals surface area (Å²) in [6, 6.07) is 11.6. The molecular formula is C19H16BrCl2N3O3S2. The molecule has 2 aliphatic heterocycles. The number of rotatable bonds is 4. The van der Waals surface area contributed by atoms with Gasteiger partial charge in [-0.3, -0.25) is 9.79 Å². The minimum atomic E-state index is -3.17. The van der Waals surface area contributed by atoms with Gasteiger partial charge in [0.2, 0.25) is 5.91 Å². The number of carbonyl (C=O) groups is 1. The largest absolute Gasteiger partial charge is 0.325 e. The first-order chi connectivity index (χ1) is 14.2. The van der Waals surface area contributed by atoms with Crippen LogP contribution in [0.3, 0.4) is 0 Å². The van der Waals surface area contributed by atoms with Crippen molar-refractivity contribution in [2.45, 2.75) is 12.1 Å². The molecule has 0 spiro atoms. The van der Waals surface area contributed by atoms with Crippen LogP contribution in [0.5, 0.6) is 0 Å². The van der Waals surface area contributed by atoms with Crippen molar-refractivity contribution in [1.29, 1.82) is 0 Å². The molecule has 11 heteroatoms. The minimum absolute atomic E-state index is 0.000445. The molecule has 4 rings (SSSR count). The molecule has 0 aliphatic carbocycles. The fourth-order valence-corrected chi connectivity index (χ4v) is 7.02. The topological polar surface area (TPSA) is 78.8 Å². The van der Waals surface area contributed by atoms with E-state index in [0.29, 0.717) is 26.6 Å². The predicted octanol–water partition coefficient (Wildman–Crippen LogP) is 4.47. The van der Waals surface area contributed by atoms with Gasteiger partial charge in [-0.05, 0) is 42.5 Å². The molecule has 0 unspecified atom stereocenters. The zero-order chi connectivity index (χ0) is 21.5. The van der Waals surface area contributed by atoms with Crippen LogP contribution in [0.15, 0.2) is 51.9 Å². The Bertz CT molecular complexity index is 1110. The van der Waals surface area contributed by atoms with E-state index in [1.54, 1.807) is 30.3 Å². The highest BCUT2D eigenvalue weighted by atomic mass is 79.9. The predicted molar refractivity (Wildman–Crippen MR) is 128 cm³/mol. The number of anilines is 2. The van der Waals surface area contributed by atoms with Gasteiger partial charge in [-0.15, -0.1) is 0 Å². The van der Waals surface area contributed by atoms with Crippen molar-refractivity contribution in [2.24, 2.45) is 4.99 Å². The van der Waals surface area contributed by atoms with Gasteiger partial charge in [-0.2, -0.15) is 0 Å². The summed E-state index contributed by atoms with van der Waals surface area (Å²) in [7, 11) is -3.17. The summed E-state index contributed by atoms with van der Waals surface area (Å²) < 4.78 is 25.2. The summed E-state index contributed by atoms with van der Waals surface area (Å²) in [6.45, 7) is 0. The van der Waals surface area contributed by atoms with Crippen LogP contribution in [0, 0.1) is 0 Å². The van der Waals surface area contributed by atoms with E-state index < -0.39 is 9.84 Å². The fourth-order valence-electron chi connectivity index (χ4n) is 3.47. The molecule has 1 amide bonds. The summed E-state index contributed by atoms with van der Waals surface area (Å²) in [5.41, 5.74) is 1.36. The lowest BCUT2D eigenvalue weighted by molar-refractivity contribution is -0.113. The maximum atomic E-state index is 12.4. The van der Waals surface area contributed by atoms with Crippen LogP contribution in [0.4, 0.5) is 11.4 Å². The first-order valence-electron chi connectivity index (χ1n) is 8.92. The second kappa shape index (κ2) is 8.70. The number of nitrogens with zero attached hydrogens (tertiary/aromatic N) is 2. The summed E-state index contributed by atoms with van der Waals surface area (Å²) in [6.07, 6.45) is 0. The lowest BCUT2D eigenvalue weighted by Gasteiger charge is -2.26. The van der Waals surface area contributed by atoms with E-state index in [4.69, 9.17) is 23.2 Å². The number of benzene rings is 2. The van der Waals surface area contributed by atoms with E-state index in [1.165, 1.54) is 11.8 Å².